The van der Waals surface area contributed by atoms with Crippen LogP contribution in [0.3, 0.4) is 0 Å². The van der Waals surface area contributed by atoms with Gasteiger partial charge in [0.2, 0.25) is 0 Å². The zero-order valence-corrected chi connectivity index (χ0v) is 25.5. The summed E-state index contributed by atoms with van der Waals surface area (Å²) in [6.07, 6.45) is 0.599. The molecule has 0 radical (unpaired) electrons. The van der Waals surface area contributed by atoms with Gasteiger partial charge in [0.25, 0.3) is 0 Å². The molecule has 1 N–H and O–H groups in total. The van der Waals surface area contributed by atoms with Crippen molar-refractivity contribution in [3.63, 3.8) is 0 Å². The van der Waals surface area contributed by atoms with E-state index in [9.17, 15) is 22.0 Å². The molecule has 212 valence electrons. The van der Waals surface area contributed by atoms with E-state index in [-0.39, 0.29) is 6.42 Å². The number of pyridine rings is 1. The Morgan fingerprint density at radius 2 is 1.62 bits per heavy atom. The van der Waals surface area contributed by atoms with Gasteiger partial charge in [-0.05, 0) is 98.3 Å². The smallest absolute Gasteiger partial charge is 0.408 e. The summed E-state index contributed by atoms with van der Waals surface area (Å²) in [6.45, 7) is 8.29. The molecule has 6 nitrogen and oxygen atoms in total. The van der Waals surface area contributed by atoms with Crippen molar-refractivity contribution in [3.05, 3.63) is 87.5 Å². The summed E-state index contributed by atoms with van der Waals surface area (Å²) in [6, 6.07) is 13.2. The van der Waals surface area contributed by atoms with Crippen LogP contribution in [0.1, 0.15) is 57.5 Å². The molecule has 0 aliphatic rings. The highest BCUT2D eigenvalue weighted by Crippen LogP contribution is 2.29. The summed E-state index contributed by atoms with van der Waals surface area (Å²) in [7, 11) is -3.39. The molecular weight excluding hydrogens is 602 g/mol. The lowest BCUT2D eigenvalue weighted by atomic mass is 9.97. The number of hydrogen-bond acceptors (Lipinski definition) is 5. The fourth-order valence-corrected chi connectivity index (χ4v) is 4.25. The monoisotopic (exact) mass is 632 g/mol. The maximum absolute atomic E-state index is 13.9. The van der Waals surface area contributed by atoms with E-state index in [0.717, 1.165) is 17.9 Å². The molecule has 0 bridgehead atoms. The van der Waals surface area contributed by atoms with E-state index in [1.54, 1.807) is 57.2 Å². The highest BCUT2D eigenvalue weighted by molar-refractivity contribution is 9.10. The molecule has 1 amide bonds. The van der Waals surface area contributed by atoms with Crippen molar-refractivity contribution < 1.29 is 26.7 Å². The molecular formula is C30H31BrF2N2O4S. The van der Waals surface area contributed by atoms with Gasteiger partial charge >= 0.3 is 6.09 Å². The number of alkyl carbamates (subject to hydrolysis) is 1. The number of nitrogens with one attached hydrogen (secondary N) is 1. The summed E-state index contributed by atoms with van der Waals surface area (Å²) in [5.41, 5.74) is 2.04. The van der Waals surface area contributed by atoms with Crippen LogP contribution < -0.4 is 5.32 Å². The van der Waals surface area contributed by atoms with Gasteiger partial charge in [0.05, 0.1) is 11.7 Å². The zero-order chi connectivity index (χ0) is 29.9. The van der Waals surface area contributed by atoms with Crippen molar-refractivity contribution in [3.8, 4) is 23.1 Å². The molecule has 3 aromatic rings. The third kappa shape index (κ3) is 8.60. The Morgan fingerprint density at radius 1 is 1.02 bits per heavy atom. The van der Waals surface area contributed by atoms with Gasteiger partial charge in [-0.1, -0.05) is 30.2 Å². The van der Waals surface area contributed by atoms with E-state index < -0.39 is 44.0 Å². The predicted octanol–water partition coefficient (Wildman–Crippen LogP) is 6.77. The predicted molar refractivity (Wildman–Crippen MR) is 155 cm³/mol. The second kappa shape index (κ2) is 12.1. The summed E-state index contributed by atoms with van der Waals surface area (Å²) >= 11 is 3.50. The van der Waals surface area contributed by atoms with E-state index in [1.165, 1.54) is 26.0 Å². The first-order valence-corrected chi connectivity index (χ1v) is 15.1. The van der Waals surface area contributed by atoms with Crippen molar-refractivity contribution in [2.24, 2.45) is 0 Å². The maximum atomic E-state index is 13.9. The molecule has 0 aliphatic carbocycles. The van der Waals surface area contributed by atoms with E-state index in [4.69, 9.17) is 4.74 Å². The van der Waals surface area contributed by atoms with Crippen LogP contribution in [0.5, 0.6) is 0 Å². The minimum atomic E-state index is -3.39. The molecule has 0 aliphatic heterocycles. The van der Waals surface area contributed by atoms with Crippen LogP contribution in [0.25, 0.3) is 11.3 Å². The topological polar surface area (TPSA) is 85.4 Å². The summed E-state index contributed by atoms with van der Waals surface area (Å²) in [5.74, 6) is 4.22. The summed E-state index contributed by atoms with van der Waals surface area (Å²) in [4.78, 5) is 17.2. The third-order valence-corrected chi connectivity index (χ3v) is 8.50. The number of benzene rings is 2. The number of rotatable bonds is 6. The van der Waals surface area contributed by atoms with Gasteiger partial charge in [-0.25, -0.2) is 27.0 Å². The molecule has 40 heavy (non-hydrogen) atoms. The fourth-order valence-electron chi connectivity index (χ4n) is 3.56. The first kappa shape index (κ1) is 31.2. The van der Waals surface area contributed by atoms with E-state index in [0.29, 0.717) is 27.0 Å². The van der Waals surface area contributed by atoms with Crippen LogP contribution in [-0.2, 0) is 21.0 Å². The normalized spacial score (nSPS) is 12.7. The number of amides is 1. The molecule has 10 heteroatoms. The van der Waals surface area contributed by atoms with E-state index >= 15 is 0 Å². The number of sulfone groups is 1. The third-order valence-electron chi connectivity index (χ3n) is 5.90. The Bertz CT molecular complexity index is 1550. The first-order valence-electron chi connectivity index (χ1n) is 12.4. The van der Waals surface area contributed by atoms with Gasteiger partial charge in [0.15, 0.2) is 9.84 Å². The van der Waals surface area contributed by atoms with Gasteiger partial charge in [-0.2, -0.15) is 0 Å². The van der Waals surface area contributed by atoms with Gasteiger partial charge in [0.1, 0.15) is 27.7 Å². The van der Waals surface area contributed by atoms with Crippen LogP contribution in [0.15, 0.2) is 59.1 Å². The standard InChI is InChI=1S/C30H31BrF2N2O4S/c1-29(2,3)39-28(36)35-26(17-19-15-22(32)18-23(33)16-19)20-7-9-21(10-8-20)27-25(31)12-11-24(34-27)13-14-30(4,5)40(6,37)38/h7-12,15-16,18,26H,17H2,1-6H3,(H,35,36)/t26-/m0/s1. The van der Waals surface area contributed by atoms with Gasteiger partial charge in [0, 0.05) is 22.4 Å². The maximum Gasteiger partial charge on any atom is 0.408 e. The Kier molecular flexibility index (Phi) is 9.42. The largest absolute Gasteiger partial charge is 0.444 e. The molecule has 0 saturated carbocycles. The molecule has 1 aromatic heterocycles. The molecule has 2 aromatic carbocycles. The Hall–Kier alpha value is -3.29. The molecule has 0 fully saturated rings. The zero-order valence-electron chi connectivity index (χ0n) is 23.1. The van der Waals surface area contributed by atoms with Crippen molar-refractivity contribution >= 4 is 31.9 Å². The van der Waals surface area contributed by atoms with Crippen LogP contribution in [0.4, 0.5) is 13.6 Å². The lowest BCUT2D eigenvalue weighted by Gasteiger charge is -2.24. The molecule has 1 atom stereocenters. The quantitative estimate of drug-likeness (QED) is 0.303. The summed E-state index contributed by atoms with van der Waals surface area (Å²) < 4.78 is 56.5. The second-order valence-corrected chi connectivity index (χ2v) is 14.3. The minimum Gasteiger partial charge on any atom is -0.444 e. The number of carbonyl (C=O) groups excluding carboxylic acids is 1. The van der Waals surface area contributed by atoms with Crippen LogP contribution in [0, 0.1) is 23.5 Å². The number of ether oxygens (including phenoxy) is 1. The Balaban J connectivity index is 1.94. The molecule has 0 spiro atoms. The molecule has 3 rings (SSSR count). The van der Waals surface area contributed by atoms with E-state index in [1.807, 2.05) is 0 Å². The van der Waals surface area contributed by atoms with Crippen LogP contribution >= 0.6 is 15.9 Å². The van der Waals surface area contributed by atoms with Crippen molar-refractivity contribution in [2.75, 3.05) is 6.26 Å². The molecule has 0 saturated heterocycles. The number of aromatic nitrogens is 1. The number of halogens is 3. The average molecular weight is 634 g/mol. The number of nitrogens with zero attached hydrogens (tertiary/aromatic N) is 1. The fraction of sp³-hybridized carbons (Fsp3) is 0.333. The van der Waals surface area contributed by atoms with Crippen LogP contribution in [-0.4, -0.2) is 36.1 Å². The number of hydrogen-bond donors (Lipinski definition) is 1. The van der Waals surface area contributed by atoms with Gasteiger partial charge < -0.3 is 10.1 Å². The summed E-state index contributed by atoms with van der Waals surface area (Å²) in [5, 5.41) is 2.80. The van der Waals surface area contributed by atoms with Crippen molar-refractivity contribution in [1.82, 2.24) is 10.3 Å². The Labute approximate surface area is 242 Å². The lowest BCUT2D eigenvalue weighted by Crippen LogP contribution is -2.35. The van der Waals surface area contributed by atoms with Crippen molar-refractivity contribution in [1.29, 1.82) is 0 Å². The van der Waals surface area contributed by atoms with Gasteiger partial charge in [-0.3, -0.25) is 0 Å². The lowest BCUT2D eigenvalue weighted by molar-refractivity contribution is 0.0503. The molecule has 0 unspecified atom stereocenters. The average Bonchev–Trinajstić information content (AvgIpc) is 2.81. The SMILES string of the molecule is CC(C)(C)OC(=O)N[C@@H](Cc1cc(F)cc(F)c1)c1ccc(-c2nc(C#CC(C)(C)S(C)(=O)=O)ccc2Br)cc1. The van der Waals surface area contributed by atoms with Crippen molar-refractivity contribution in [2.45, 2.75) is 57.4 Å². The number of carbonyl (C=O) groups is 1. The molecule has 1 heterocycles. The highest BCUT2D eigenvalue weighted by Gasteiger charge is 2.27. The highest BCUT2D eigenvalue weighted by atomic mass is 79.9. The van der Waals surface area contributed by atoms with E-state index in [2.05, 4.69) is 38.1 Å². The van der Waals surface area contributed by atoms with Gasteiger partial charge in [-0.15, -0.1) is 0 Å². The Morgan fingerprint density at radius 3 is 2.17 bits per heavy atom. The van der Waals surface area contributed by atoms with Crippen LogP contribution in [0.2, 0.25) is 0 Å². The minimum absolute atomic E-state index is 0.121. The first-order chi connectivity index (χ1) is 18.4. The second-order valence-electron chi connectivity index (χ2n) is 10.9.